The van der Waals surface area contributed by atoms with Crippen molar-refractivity contribution < 1.29 is 14.3 Å². The fraction of sp³-hybridized carbons (Fsp3) is 0.250. The lowest BCUT2D eigenvalue weighted by Crippen LogP contribution is -2.34. The molecule has 1 amide bonds. The van der Waals surface area contributed by atoms with Crippen molar-refractivity contribution in [2.45, 2.75) is 38.6 Å². The molecule has 1 saturated carbocycles. The Bertz CT molecular complexity index is 1510. The van der Waals surface area contributed by atoms with E-state index in [1.807, 2.05) is 29.1 Å². The molecule has 0 bridgehead atoms. The molecule has 2 aliphatic carbocycles. The molecule has 1 heterocycles. The van der Waals surface area contributed by atoms with Crippen LogP contribution >= 0.6 is 0 Å². The van der Waals surface area contributed by atoms with Crippen LogP contribution in [0.2, 0.25) is 0 Å². The van der Waals surface area contributed by atoms with Crippen LogP contribution in [0.3, 0.4) is 0 Å². The minimum Gasteiger partial charge on any atom is -0.508 e. The van der Waals surface area contributed by atoms with Crippen LogP contribution in [-0.4, -0.2) is 20.8 Å². The smallest absolute Gasteiger partial charge is 0.251 e. The van der Waals surface area contributed by atoms with E-state index < -0.39 is 0 Å². The van der Waals surface area contributed by atoms with E-state index in [9.17, 15) is 14.3 Å². The van der Waals surface area contributed by atoms with Crippen LogP contribution in [0.5, 0.6) is 5.75 Å². The van der Waals surface area contributed by atoms with Gasteiger partial charge in [-0.1, -0.05) is 48.9 Å². The van der Waals surface area contributed by atoms with Crippen molar-refractivity contribution in [1.29, 1.82) is 0 Å². The van der Waals surface area contributed by atoms with Crippen LogP contribution in [0, 0.1) is 17.2 Å². The molecule has 192 valence electrons. The lowest BCUT2D eigenvalue weighted by molar-refractivity contribution is 0.0923. The van der Waals surface area contributed by atoms with Crippen molar-refractivity contribution in [3.63, 3.8) is 0 Å². The van der Waals surface area contributed by atoms with Gasteiger partial charge in [0, 0.05) is 5.56 Å². The van der Waals surface area contributed by atoms with E-state index in [0.717, 1.165) is 42.6 Å². The number of aromatic hydroxyl groups is 1. The zero-order valence-corrected chi connectivity index (χ0v) is 21.3. The summed E-state index contributed by atoms with van der Waals surface area (Å²) >= 11 is 0. The maximum Gasteiger partial charge on any atom is 0.251 e. The minimum atomic E-state index is -0.261. The fourth-order valence-corrected chi connectivity index (χ4v) is 6.24. The summed E-state index contributed by atoms with van der Waals surface area (Å²) in [5, 5.41) is 17.8. The maximum absolute atomic E-state index is 13.5. The van der Waals surface area contributed by atoms with Gasteiger partial charge in [0.05, 0.1) is 23.6 Å². The number of amides is 1. The second kappa shape index (κ2) is 9.60. The summed E-state index contributed by atoms with van der Waals surface area (Å²) in [6.07, 6.45) is 7.94. The topological polar surface area (TPSA) is 67.2 Å². The molecular weight excluding hydrogens is 477 g/mol. The summed E-state index contributed by atoms with van der Waals surface area (Å²) in [5.41, 5.74) is 6.00. The second-order valence-electron chi connectivity index (χ2n) is 10.7. The van der Waals surface area contributed by atoms with Crippen LogP contribution in [-0.2, 0) is 6.42 Å². The van der Waals surface area contributed by atoms with Crippen molar-refractivity contribution in [1.82, 2.24) is 15.1 Å². The molecule has 3 atom stereocenters. The molecule has 5 nitrogen and oxygen atoms in total. The molecule has 0 spiro atoms. The number of phenols is 1. The number of halogens is 1. The molecule has 1 aromatic heterocycles. The molecule has 2 aliphatic rings. The van der Waals surface area contributed by atoms with Crippen LogP contribution in [0.25, 0.3) is 11.8 Å². The first-order valence-electron chi connectivity index (χ1n) is 13.1. The van der Waals surface area contributed by atoms with E-state index in [4.69, 9.17) is 0 Å². The first-order chi connectivity index (χ1) is 18.4. The third-order valence-electron chi connectivity index (χ3n) is 8.36. The maximum atomic E-state index is 13.5. The van der Waals surface area contributed by atoms with Gasteiger partial charge < -0.3 is 10.4 Å². The summed E-state index contributed by atoms with van der Waals surface area (Å²) in [4.78, 5) is 13.2. The van der Waals surface area contributed by atoms with Gasteiger partial charge in [-0.25, -0.2) is 9.07 Å². The lowest BCUT2D eigenvalue weighted by Gasteiger charge is -2.37. The number of allylic oxidation sites excluding steroid dienone is 1. The number of aromatic nitrogens is 2. The summed E-state index contributed by atoms with van der Waals surface area (Å²) in [5.74, 6) is -0.0134. The molecule has 3 aromatic carbocycles. The van der Waals surface area contributed by atoms with Crippen molar-refractivity contribution in [3.05, 3.63) is 119 Å². The van der Waals surface area contributed by atoms with Crippen LogP contribution in [0.1, 0.15) is 59.4 Å². The molecule has 4 aromatic rings. The van der Waals surface area contributed by atoms with Crippen molar-refractivity contribution in [2.24, 2.45) is 11.3 Å². The fourth-order valence-electron chi connectivity index (χ4n) is 6.24. The van der Waals surface area contributed by atoms with Gasteiger partial charge in [0.25, 0.3) is 5.91 Å². The highest BCUT2D eigenvalue weighted by Gasteiger charge is 2.46. The molecule has 1 unspecified atom stereocenters. The Morgan fingerprint density at radius 1 is 1.13 bits per heavy atom. The van der Waals surface area contributed by atoms with Gasteiger partial charge >= 0.3 is 0 Å². The number of hydrogen-bond donors (Lipinski definition) is 2. The minimum absolute atomic E-state index is 0.0353. The third-order valence-corrected chi connectivity index (χ3v) is 8.36. The number of hydrogen-bond acceptors (Lipinski definition) is 3. The Kier molecular flexibility index (Phi) is 6.10. The molecule has 0 saturated heterocycles. The highest BCUT2D eigenvalue weighted by molar-refractivity contribution is 5.94. The standard InChI is InChI=1S/C32H30FN3O2/c1-32-19-23-20-34-36(27-14-12-26(33)13-15-27)30(23)18-25(32)11-10-24(32)17-29(21-6-3-2-4-7-21)35-31(38)22-8-5-9-28(37)16-22/h2-9,12-16,18,20,24,29,37H,10-11,17,19H2,1H3,(H,35,38)/t24-,29?,32-/m1/s1. The molecule has 1 fully saturated rings. The van der Waals surface area contributed by atoms with Gasteiger partial charge in [-0.2, -0.15) is 5.10 Å². The summed E-state index contributed by atoms with van der Waals surface area (Å²) in [7, 11) is 0. The van der Waals surface area contributed by atoms with Gasteiger partial charge in [-0.05, 0) is 96.7 Å². The number of carbonyl (C=O) groups is 1. The number of fused-ring (bicyclic) bond motifs is 2. The molecule has 6 heteroatoms. The molecule has 0 aliphatic heterocycles. The first-order valence-corrected chi connectivity index (χ1v) is 13.1. The van der Waals surface area contributed by atoms with Gasteiger partial charge in [0.15, 0.2) is 0 Å². The summed E-state index contributed by atoms with van der Waals surface area (Å²) in [6, 6.07) is 22.9. The Labute approximate surface area is 221 Å². The normalized spacial score (nSPS) is 20.8. The number of nitrogens with one attached hydrogen (secondary N) is 1. The Morgan fingerprint density at radius 3 is 2.68 bits per heavy atom. The number of phenolic OH excluding ortho intramolecular Hbond substituents is 1. The van der Waals surface area contributed by atoms with Gasteiger partial charge in [-0.3, -0.25) is 4.79 Å². The van der Waals surface area contributed by atoms with Crippen molar-refractivity contribution in [3.8, 4) is 11.4 Å². The number of carbonyl (C=O) groups excluding carboxylic acids is 1. The Balaban J connectivity index is 1.27. The molecule has 6 rings (SSSR count). The van der Waals surface area contributed by atoms with E-state index in [1.165, 1.54) is 29.3 Å². The number of benzene rings is 3. The zero-order chi connectivity index (χ0) is 26.3. The second-order valence-corrected chi connectivity index (χ2v) is 10.7. The largest absolute Gasteiger partial charge is 0.508 e. The van der Waals surface area contributed by atoms with Gasteiger partial charge in [0.1, 0.15) is 11.6 Å². The molecule has 0 radical (unpaired) electrons. The summed E-state index contributed by atoms with van der Waals surface area (Å²) in [6.45, 7) is 2.34. The van der Waals surface area contributed by atoms with E-state index in [0.29, 0.717) is 11.5 Å². The van der Waals surface area contributed by atoms with E-state index in [2.05, 4.69) is 35.5 Å². The quantitative estimate of drug-likeness (QED) is 0.308. The zero-order valence-electron chi connectivity index (χ0n) is 21.3. The Morgan fingerprint density at radius 2 is 1.92 bits per heavy atom. The van der Waals surface area contributed by atoms with E-state index in [-0.39, 0.29) is 28.9 Å². The monoisotopic (exact) mass is 507 g/mol. The van der Waals surface area contributed by atoms with Crippen LogP contribution in [0.4, 0.5) is 4.39 Å². The van der Waals surface area contributed by atoms with E-state index in [1.54, 1.807) is 30.3 Å². The number of rotatable bonds is 6. The third kappa shape index (κ3) is 4.40. The molecule has 38 heavy (non-hydrogen) atoms. The average molecular weight is 508 g/mol. The summed E-state index contributed by atoms with van der Waals surface area (Å²) < 4.78 is 15.4. The SMILES string of the molecule is C[C@]12Cc3cnn(-c4ccc(F)cc4)c3C=C1CC[C@@H]2CC(NC(=O)c1cccc(O)c1)c1ccccc1. The lowest BCUT2D eigenvalue weighted by atomic mass is 9.68. The number of nitrogens with zero attached hydrogens (tertiary/aromatic N) is 2. The van der Waals surface area contributed by atoms with E-state index >= 15 is 0 Å². The van der Waals surface area contributed by atoms with Crippen LogP contribution in [0.15, 0.2) is 90.6 Å². The predicted octanol–water partition coefficient (Wildman–Crippen LogP) is 6.63. The van der Waals surface area contributed by atoms with Gasteiger partial charge in [0.2, 0.25) is 0 Å². The average Bonchev–Trinajstić information content (AvgIpc) is 3.47. The highest BCUT2D eigenvalue weighted by atomic mass is 19.1. The molecule has 2 N–H and O–H groups in total. The van der Waals surface area contributed by atoms with Crippen LogP contribution < -0.4 is 5.32 Å². The van der Waals surface area contributed by atoms with Crippen molar-refractivity contribution in [2.75, 3.05) is 0 Å². The highest BCUT2D eigenvalue weighted by Crippen LogP contribution is 2.55. The molecular formula is C32H30FN3O2. The first kappa shape index (κ1) is 24.2. The van der Waals surface area contributed by atoms with Gasteiger partial charge in [-0.15, -0.1) is 0 Å². The Hall–Kier alpha value is -4.19. The van der Waals surface area contributed by atoms with Crippen molar-refractivity contribution >= 4 is 12.0 Å². The predicted molar refractivity (Wildman–Crippen MR) is 145 cm³/mol.